The molecule has 1 aliphatic heterocycles. The molecule has 1 atom stereocenters. The van der Waals surface area contributed by atoms with E-state index in [9.17, 15) is 0 Å². The highest BCUT2D eigenvalue weighted by Gasteiger charge is 2.51. The molecule has 0 bridgehead atoms. The van der Waals surface area contributed by atoms with Crippen LogP contribution in [0.1, 0.15) is 58.4 Å². The largest absolute Gasteiger partial charge is 0.456 e. The number of hydrogen-bond donors (Lipinski definition) is 0. The quantitative estimate of drug-likeness (QED) is 0.175. The summed E-state index contributed by atoms with van der Waals surface area (Å²) in [5.74, 6) is 1.72. The lowest BCUT2D eigenvalue weighted by Crippen LogP contribution is -2.29. The first-order chi connectivity index (χ1) is 36.0. The molecular formula is C71H47NO. The molecule has 0 fully saturated rings. The molecule has 1 unspecified atom stereocenters. The summed E-state index contributed by atoms with van der Waals surface area (Å²) in [6.07, 6.45) is 0.942. The smallest absolute Gasteiger partial charge is 0.135 e. The number of para-hydroxylation sites is 2. The highest BCUT2D eigenvalue weighted by atomic mass is 16.5. The van der Waals surface area contributed by atoms with E-state index in [0.29, 0.717) is 0 Å². The van der Waals surface area contributed by atoms with Crippen molar-refractivity contribution in [3.8, 4) is 89.4 Å². The summed E-state index contributed by atoms with van der Waals surface area (Å²) in [4.78, 5) is 2.53. The van der Waals surface area contributed by atoms with Crippen LogP contribution in [-0.4, -0.2) is 0 Å². The van der Waals surface area contributed by atoms with Crippen LogP contribution in [0.3, 0.4) is 0 Å². The molecule has 0 radical (unpaired) electrons. The van der Waals surface area contributed by atoms with E-state index in [1.54, 1.807) is 0 Å². The fraction of sp³-hybridized carbons (Fsp3) is 0.0704. The van der Waals surface area contributed by atoms with Gasteiger partial charge in [-0.1, -0.05) is 202 Å². The fourth-order valence-corrected chi connectivity index (χ4v) is 14.0. The van der Waals surface area contributed by atoms with E-state index in [0.717, 1.165) is 57.2 Å². The monoisotopic (exact) mass is 929 g/mol. The molecule has 0 N–H and O–H groups in total. The summed E-state index contributed by atoms with van der Waals surface area (Å²) in [6.45, 7) is 4.77. The third-order valence-electron chi connectivity index (χ3n) is 17.1. The van der Waals surface area contributed by atoms with Crippen molar-refractivity contribution in [3.63, 3.8) is 0 Å². The number of benzene rings is 11. The zero-order chi connectivity index (χ0) is 48.2. The predicted molar refractivity (Wildman–Crippen MR) is 300 cm³/mol. The van der Waals surface area contributed by atoms with Crippen LogP contribution in [0.15, 0.2) is 237 Å². The average Bonchev–Trinajstić information content (AvgIpc) is 3.98. The van der Waals surface area contributed by atoms with Gasteiger partial charge >= 0.3 is 0 Å². The number of hydrogen-bond acceptors (Lipinski definition) is 2. The standard InChI is InChI=1S/C71H47NO/c1-70(2)60-26-12-7-22-53(60)55-37-34-46(41-64(55)70)72(45-32-35-51-56-23-10-15-29-66(56)73-67-30-16-11-24-57(67)59(51)40-45)47-33-36-54-50-20-6-5-19-49(50)52-21-8-13-27-61(52)71(65(54)42-47)62-28-14-9-25-58(62)69-63(71)38-31-44-39-43-17-3-4-18-48(43)68(44)69/h3-38,40-42H,39H2,1-2H3. The molecular weight excluding hydrogens is 883 g/mol. The summed E-state index contributed by atoms with van der Waals surface area (Å²) in [5.41, 5.74) is 30.7. The number of ether oxygens (including phenoxy) is 1. The number of nitrogens with zero attached hydrogens (tertiary/aromatic N) is 1. The van der Waals surface area contributed by atoms with Crippen LogP contribution < -0.4 is 9.64 Å². The summed E-state index contributed by atoms with van der Waals surface area (Å²) >= 11 is 0. The van der Waals surface area contributed by atoms with E-state index in [4.69, 9.17) is 4.74 Å². The molecule has 0 saturated heterocycles. The zero-order valence-corrected chi connectivity index (χ0v) is 40.6. The van der Waals surface area contributed by atoms with Gasteiger partial charge < -0.3 is 9.64 Å². The molecule has 0 saturated carbocycles. The highest BCUT2D eigenvalue weighted by Crippen LogP contribution is 2.65. The SMILES string of the molecule is CC1(C)c2ccccc2-c2ccc(N(c3ccc4c(c3)-c3ccccc3Oc3ccccc3-4)c3ccc4c(c3)C3(c5ccccc5-c5ccccc5-4)c4ccccc4-c4c3ccc3c4-c4ccccc4C3)cc21. The lowest BCUT2D eigenvalue weighted by atomic mass is 9.65. The maximum absolute atomic E-state index is 6.73. The van der Waals surface area contributed by atoms with Crippen LogP contribution in [0.5, 0.6) is 11.5 Å². The van der Waals surface area contributed by atoms with Gasteiger partial charge in [0.05, 0.1) is 5.41 Å². The lowest BCUT2D eigenvalue weighted by molar-refractivity contribution is 0.488. The Kier molecular flexibility index (Phi) is 8.25. The number of fused-ring (bicyclic) bond motifs is 24. The molecule has 16 rings (SSSR count). The van der Waals surface area contributed by atoms with Crippen molar-refractivity contribution in [3.05, 3.63) is 281 Å². The Bertz CT molecular complexity index is 4210. The third-order valence-corrected chi connectivity index (χ3v) is 17.1. The van der Waals surface area contributed by atoms with Gasteiger partial charge in [-0.25, -0.2) is 0 Å². The Morgan fingerprint density at radius 3 is 1.44 bits per heavy atom. The Hall–Kier alpha value is -8.98. The van der Waals surface area contributed by atoms with E-state index in [1.807, 2.05) is 0 Å². The molecule has 11 aromatic carbocycles. The van der Waals surface area contributed by atoms with Crippen molar-refractivity contribution in [2.24, 2.45) is 0 Å². The Morgan fingerprint density at radius 1 is 0.301 bits per heavy atom. The molecule has 1 spiro atoms. The van der Waals surface area contributed by atoms with Gasteiger partial charge in [0.2, 0.25) is 0 Å². The molecule has 4 aliphatic carbocycles. The first kappa shape index (κ1) is 40.7. The van der Waals surface area contributed by atoms with E-state index < -0.39 is 5.41 Å². The van der Waals surface area contributed by atoms with Crippen LogP contribution in [0.2, 0.25) is 0 Å². The second-order valence-corrected chi connectivity index (χ2v) is 21.0. The highest BCUT2D eigenvalue weighted by molar-refractivity contribution is 6.04. The van der Waals surface area contributed by atoms with E-state index in [1.165, 1.54) is 100 Å². The number of rotatable bonds is 3. The van der Waals surface area contributed by atoms with Crippen molar-refractivity contribution in [2.75, 3.05) is 4.90 Å². The molecule has 342 valence electrons. The minimum Gasteiger partial charge on any atom is -0.456 e. The van der Waals surface area contributed by atoms with E-state index >= 15 is 0 Å². The first-order valence-electron chi connectivity index (χ1n) is 25.7. The topological polar surface area (TPSA) is 12.5 Å². The summed E-state index contributed by atoms with van der Waals surface area (Å²) in [7, 11) is 0. The molecule has 1 heterocycles. The molecule has 0 amide bonds. The van der Waals surface area contributed by atoms with Crippen LogP contribution in [-0.2, 0) is 17.3 Å². The van der Waals surface area contributed by atoms with Gasteiger partial charge in [0.1, 0.15) is 11.5 Å². The van der Waals surface area contributed by atoms with Gasteiger partial charge in [-0.05, 0) is 166 Å². The molecule has 2 heteroatoms. The van der Waals surface area contributed by atoms with Gasteiger partial charge in [-0.15, -0.1) is 0 Å². The van der Waals surface area contributed by atoms with Gasteiger partial charge in [0.15, 0.2) is 0 Å². The second kappa shape index (κ2) is 14.8. The first-order valence-corrected chi connectivity index (χ1v) is 25.7. The maximum Gasteiger partial charge on any atom is 0.135 e. The average molecular weight is 930 g/mol. The van der Waals surface area contributed by atoms with Crippen LogP contribution in [0.25, 0.3) is 77.9 Å². The summed E-state index contributed by atoms with van der Waals surface area (Å²) in [5, 5.41) is 0. The zero-order valence-electron chi connectivity index (χ0n) is 40.6. The Morgan fingerprint density at radius 2 is 0.753 bits per heavy atom. The van der Waals surface area contributed by atoms with Gasteiger partial charge in [-0.3, -0.25) is 0 Å². The van der Waals surface area contributed by atoms with Crippen molar-refractivity contribution in [1.82, 2.24) is 0 Å². The molecule has 11 aromatic rings. The fourth-order valence-electron chi connectivity index (χ4n) is 14.0. The van der Waals surface area contributed by atoms with Gasteiger partial charge in [-0.2, -0.15) is 0 Å². The molecule has 73 heavy (non-hydrogen) atoms. The van der Waals surface area contributed by atoms with Crippen molar-refractivity contribution < 1.29 is 4.74 Å². The summed E-state index contributed by atoms with van der Waals surface area (Å²) < 4.78 is 6.73. The lowest BCUT2D eigenvalue weighted by Gasteiger charge is -2.37. The van der Waals surface area contributed by atoms with Gasteiger partial charge in [0.25, 0.3) is 0 Å². The number of anilines is 3. The second-order valence-electron chi connectivity index (χ2n) is 21.0. The van der Waals surface area contributed by atoms with Crippen LogP contribution in [0, 0.1) is 0 Å². The van der Waals surface area contributed by atoms with E-state index in [2.05, 4.69) is 255 Å². The van der Waals surface area contributed by atoms with Gasteiger partial charge in [0, 0.05) is 33.6 Å². The van der Waals surface area contributed by atoms with Crippen molar-refractivity contribution in [1.29, 1.82) is 0 Å². The minimum atomic E-state index is -0.666. The molecule has 2 nitrogen and oxygen atoms in total. The van der Waals surface area contributed by atoms with Crippen LogP contribution >= 0.6 is 0 Å². The minimum absolute atomic E-state index is 0.192. The molecule has 0 aromatic heterocycles. The Labute approximate surface area is 426 Å². The molecule has 5 aliphatic rings. The Balaban J connectivity index is 1.01. The van der Waals surface area contributed by atoms with Crippen molar-refractivity contribution in [2.45, 2.75) is 31.1 Å². The summed E-state index contributed by atoms with van der Waals surface area (Å²) in [6, 6.07) is 89.2. The third kappa shape index (κ3) is 5.42. The van der Waals surface area contributed by atoms with Crippen LogP contribution in [0.4, 0.5) is 17.1 Å². The predicted octanol–water partition coefficient (Wildman–Crippen LogP) is 18.5. The van der Waals surface area contributed by atoms with E-state index in [-0.39, 0.29) is 5.41 Å². The van der Waals surface area contributed by atoms with Crippen molar-refractivity contribution >= 4 is 17.1 Å². The normalized spacial score (nSPS) is 15.8. The maximum atomic E-state index is 6.73.